The molecule has 0 spiro atoms. The van der Waals surface area contributed by atoms with Crippen LogP contribution in [0.2, 0.25) is 0 Å². The molecule has 160 valence electrons. The third-order valence-electron chi connectivity index (χ3n) is 6.28. The van der Waals surface area contributed by atoms with Crippen molar-refractivity contribution in [3.05, 3.63) is 59.4 Å². The number of ether oxygens (including phenoxy) is 1. The third kappa shape index (κ3) is 4.99. The molecule has 0 radical (unpaired) electrons. The van der Waals surface area contributed by atoms with E-state index >= 15 is 0 Å². The number of carbonyl (C=O) groups is 1. The fourth-order valence-electron chi connectivity index (χ4n) is 4.71. The molecule has 2 heterocycles. The molecule has 1 saturated heterocycles. The zero-order chi connectivity index (χ0) is 20.9. The minimum absolute atomic E-state index is 0.000973. The van der Waals surface area contributed by atoms with Crippen LogP contribution in [-0.2, 0) is 17.6 Å². The Bertz CT molecular complexity index is 841. The van der Waals surface area contributed by atoms with Crippen molar-refractivity contribution >= 4 is 5.91 Å². The molecule has 2 unspecified atom stereocenters. The number of rotatable bonds is 8. The number of aromatic nitrogens is 1. The van der Waals surface area contributed by atoms with E-state index in [0.717, 1.165) is 38.8 Å². The SMILES string of the molecule is COc1ccnc(C(O)C(CN2CCCC2)NC(=O)CC2Cc3ccccc3C2)c1. The first-order valence-corrected chi connectivity index (χ1v) is 10.9. The zero-order valence-electron chi connectivity index (χ0n) is 17.6. The summed E-state index contributed by atoms with van der Waals surface area (Å²) >= 11 is 0. The summed E-state index contributed by atoms with van der Waals surface area (Å²) in [4.78, 5) is 19.5. The predicted octanol–water partition coefficient (Wildman–Crippen LogP) is 2.51. The zero-order valence-corrected chi connectivity index (χ0v) is 17.6. The lowest BCUT2D eigenvalue weighted by Crippen LogP contribution is -2.47. The maximum atomic E-state index is 12.9. The van der Waals surface area contributed by atoms with Crippen LogP contribution in [0, 0.1) is 5.92 Å². The molecule has 6 heteroatoms. The van der Waals surface area contributed by atoms with Crippen molar-refractivity contribution < 1.29 is 14.6 Å². The van der Waals surface area contributed by atoms with Crippen molar-refractivity contribution in [3.8, 4) is 5.75 Å². The Morgan fingerprint density at radius 2 is 1.93 bits per heavy atom. The summed E-state index contributed by atoms with van der Waals surface area (Å²) in [7, 11) is 1.59. The average molecular weight is 410 g/mol. The highest BCUT2D eigenvalue weighted by Gasteiger charge is 2.29. The van der Waals surface area contributed by atoms with E-state index in [2.05, 4.69) is 39.5 Å². The topological polar surface area (TPSA) is 74.7 Å². The van der Waals surface area contributed by atoms with Gasteiger partial charge in [0.25, 0.3) is 0 Å². The Balaban J connectivity index is 1.42. The number of nitrogens with zero attached hydrogens (tertiary/aromatic N) is 2. The van der Waals surface area contributed by atoms with Crippen molar-refractivity contribution in [3.63, 3.8) is 0 Å². The number of hydrogen-bond acceptors (Lipinski definition) is 5. The quantitative estimate of drug-likeness (QED) is 0.701. The molecule has 6 nitrogen and oxygen atoms in total. The van der Waals surface area contributed by atoms with Gasteiger partial charge < -0.3 is 20.1 Å². The molecular formula is C24H31N3O3. The van der Waals surface area contributed by atoms with Crippen LogP contribution in [0.25, 0.3) is 0 Å². The number of pyridine rings is 1. The number of hydrogen-bond donors (Lipinski definition) is 2. The van der Waals surface area contributed by atoms with Gasteiger partial charge in [0, 0.05) is 25.2 Å². The first-order chi connectivity index (χ1) is 14.6. The summed E-state index contributed by atoms with van der Waals surface area (Å²) in [5, 5.41) is 14.2. The Morgan fingerprint density at radius 1 is 1.23 bits per heavy atom. The molecule has 2 aliphatic rings. The molecule has 0 saturated carbocycles. The molecule has 1 aromatic heterocycles. The number of benzene rings is 1. The van der Waals surface area contributed by atoms with Crippen LogP contribution < -0.4 is 10.1 Å². The number of aliphatic hydroxyl groups is 1. The van der Waals surface area contributed by atoms with Crippen LogP contribution in [0.1, 0.15) is 42.2 Å². The molecule has 2 N–H and O–H groups in total. The predicted molar refractivity (Wildman–Crippen MR) is 115 cm³/mol. The molecule has 1 aliphatic heterocycles. The van der Waals surface area contributed by atoms with Crippen LogP contribution in [-0.4, -0.2) is 53.7 Å². The second-order valence-electron chi connectivity index (χ2n) is 8.49. The number of methoxy groups -OCH3 is 1. The van der Waals surface area contributed by atoms with Crippen LogP contribution in [0.4, 0.5) is 0 Å². The van der Waals surface area contributed by atoms with Crippen molar-refractivity contribution in [2.75, 3.05) is 26.7 Å². The van der Waals surface area contributed by atoms with Gasteiger partial charge >= 0.3 is 0 Å². The lowest BCUT2D eigenvalue weighted by Gasteiger charge is -2.28. The smallest absolute Gasteiger partial charge is 0.220 e. The highest BCUT2D eigenvalue weighted by atomic mass is 16.5. The van der Waals surface area contributed by atoms with Gasteiger partial charge in [0.05, 0.1) is 18.8 Å². The van der Waals surface area contributed by atoms with E-state index < -0.39 is 12.1 Å². The highest BCUT2D eigenvalue weighted by molar-refractivity contribution is 5.77. The molecular weight excluding hydrogens is 378 g/mol. The van der Waals surface area contributed by atoms with Crippen molar-refractivity contribution in [1.82, 2.24) is 15.2 Å². The normalized spacial score (nSPS) is 18.7. The lowest BCUT2D eigenvalue weighted by molar-refractivity contribution is -0.123. The molecule has 30 heavy (non-hydrogen) atoms. The van der Waals surface area contributed by atoms with Gasteiger partial charge in [0.2, 0.25) is 5.91 Å². The van der Waals surface area contributed by atoms with Gasteiger partial charge in [-0.2, -0.15) is 0 Å². The van der Waals surface area contributed by atoms with Gasteiger partial charge in [-0.25, -0.2) is 0 Å². The van der Waals surface area contributed by atoms with Gasteiger partial charge in [-0.05, 0) is 61.9 Å². The largest absolute Gasteiger partial charge is 0.497 e. The molecule has 1 fully saturated rings. The summed E-state index contributed by atoms with van der Waals surface area (Å²) in [6.45, 7) is 2.63. The van der Waals surface area contributed by atoms with Crippen LogP contribution in [0.5, 0.6) is 5.75 Å². The van der Waals surface area contributed by atoms with E-state index in [-0.39, 0.29) is 5.91 Å². The van der Waals surface area contributed by atoms with Gasteiger partial charge in [-0.1, -0.05) is 24.3 Å². The average Bonchev–Trinajstić information content (AvgIpc) is 3.41. The van der Waals surface area contributed by atoms with Gasteiger partial charge in [0.15, 0.2) is 0 Å². The summed E-state index contributed by atoms with van der Waals surface area (Å²) in [5.41, 5.74) is 3.22. The van der Waals surface area contributed by atoms with E-state index in [1.807, 2.05) is 0 Å². The fourth-order valence-corrected chi connectivity index (χ4v) is 4.71. The molecule has 1 amide bonds. The third-order valence-corrected chi connectivity index (χ3v) is 6.28. The monoisotopic (exact) mass is 409 g/mol. The highest BCUT2D eigenvalue weighted by Crippen LogP contribution is 2.29. The second kappa shape index (κ2) is 9.58. The van der Waals surface area contributed by atoms with Crippen molar-refractivity contribution in [2.24, 2.45) is 5.92 Å². The standard InChI is InChI=1S/C24H31N3O3/c1-30-20-8-9-25-21(15-20)24(29)22(16-27-10-4-5-11-27)26-23(28)14-17-12-18-6-2-3-7-19(18)13-17/h2-3,6-9,15,17,22,24,29H,4-5,10-14,16H2,1H3,(H,26,28). The van der Waals surface area contributed by atoms with Gasteiger partial charge in [-0.15, -0.1) is 0 Å². The van der Waals surface area contributed by atoms with E-state index in [0.29, 0.717) is 30.3 Å². The molecule has 1 aliphatic carbocycles. The lowest BCUT2D eigenvalue weighted by atomic mass is 10.0. The van der Waals surface area contributed by atoms with Crippen molar-refractivity contribution in [1.29, 1.82) is 0 Å². The van der Waals surface area contributed by atoms with E-state index in [1.165, 1.54) is 11.1 Å². The maximum Gasteiger partial charge on any atom is 0.220 e. The molecule has 2 aromatic rings. The molecule has 4 rings (SSSR count). The first kappa shape index (κ1) is 20.8. The number of fused-ring (bicyclic) bond motifs is 1. The van der Waals surface area contributed by atoms with Gasteiger partial charge in [0.1, 0.15) is 11.9 Å². The summed E-state index contributed by atoms with van der Waals surface area (Å²) in [6, 6.07) is 11.5. The minimum Gasteiger partial charge on any atom is -0.497 e. The first-order valence-electron chi connectivity index (χ1n) is 10.9. The Hall–Kier alpha value is -2.44. The Morgan fingerprint density at radius 3 is 2.60 bits per heavy atom. The van der Waals surface area contributed by atoms with Crippen LogP contribution in [0.15, 0.2) is 42.6 Å². The van der Waals surface area contributed by atoms with Crippen LogP contribution in [0.3, 0.4) is 0 Å². The molecule has 2 atom stereocenters. The number of amides is 1. The summed E-state index contributed by atoms with van der Waals surface area (Å²) in [5.74, 6) is 0.967. The van der Waals surface area contributed by atoms with Gasteiger partial charge in [-0.3, -0.25) is 9.78 Å². The number of carbonyl (C=O) groups excluding carboxylic acids is 1. The number of aliphatic hydroxyl groups excluding tert-OH is 1. The number of nitrogens with one attached hydrogen (secondary N) is 1. The Labute approximate surface area is 178 Å². The number of likely N-dealkylation sites (tertiary alicyclic amines) is 1. The van der Waals surface area contributed by atoms with Crippen LogP contribution >= 0.6 is 0 Å². The maximum absolute atomic E-state index is 12.9. The van der Waals surface area contributed by atoms with E-state index in [1.54, 1.807) is 25.4 Å². The summed E-state index contributed by atoms with van der Waals surface area (Å²) in [6.07, 6.45) is 5.43. The Kier molecular flexibility index (Phi) is 6.65. The second-order valence-corrected chi connectivity index (χ2v) is 8.49. The van der Waals surface area contributed by atoms with Crippen molar-refractivity contribution in [2.45, 2.75) is 44.2 Å². The fraction of sp³-hybridized carbons (Fsp3) is 0.500. The molecule has 0 bridgehead atoms. The summed E-state index contributed by atoms with van der Waals surface area (Å²) < 4.78 is 5.27. The van der Waals surface area contributed by atoms with E-state index in [4.69, 9.17) is 4.74 Å². The minimum atomic E-state index is -0.884. The van der Waals surface area contributed by atoms with E-state index in [9.17, 15) is 9.90 Å². The molecule has 1 aromatic carbocycles.